The lowest BCUT2D eigenvalue weighted by Crippen LogP contribution is -2.51. The van der Waals surface area contributed by atoms with Crippen molar-refractivity contribution in [3.05, 3.63) is 23.4 Å². The van der Waals surface area contributed by atoms with Crippen LogP contribution in [0.25, 0.3) is 0 Å². The number of nitrogens with one attached hydrogen (secondary N) is 2. The maximum atomic E-state index is 12.3. The molecule has 0 aromatic carbocycles. The van der Waals surface area contributed by atoms with Crippen LogP contribution in [-0.2, 0) is 20.9 Å². The number of aryl methyl sites for hydroxylation is 1. The van der Waals surface area contributed by atoms with Gasteiger partial charge in [0.2, 0.25) is 17.7 Å². The maximum absolute atomic E-state index is 12.3. The summed E-state index contributed by atoms with van der Waals surface area (Å²) in [6.07, 6.45) is 0.0678. The highest BCUT2D eigenvalue weighted by Crippen LogP contribution is 2.08. The van der Waals surface area contributed by atoms with Crippen molar-refractivity contribution in [1.82, 2.24) is 15.6 Å². The molecule has 0 aliphatic carbocycles. The number of aromatic nitrogens is 1. The van der Waals surface area contributed by atoms with E-state index in [1.807, 2.05) is 0 Å². The molecule has 0 unspecified atom stereocenters. The van der Waals surface area contributed by atoms with Crippen LogP contribution in [0.4, 0.5) is 5.82 Å². The lowest BCUT2D eigenvalue weighted by atomic mass is 10.1. The van der Waals surface area contributed by atoms with E-state index in [9.17, 15) is 14.4 Å². The molecular formula is C15H24N6O3. The molecule has 0 aliphatic heterocycles. The van der Waals surface area contributed by atoms with Crippen molar-refractivity contribution in [2.75, 3.05) is 5.73 Å². The second-order valence-corrected chi connectivity index (χ2v) is 5.55. The van der Waals surface area contributed by atoms with Gasteiger partial charge in [-0.15, -0.1) is 0 Å². The van der Waals surface area contributed by atoms with Gasteiger partial charge >= 0.3 is 0 Å². The van der Waals surface area contributed by atoms with Gasteiger partial charge in [-0.2, -0.15) is 0 Å². The summed E-state index contributed by atoms with van der Waals surface area (Å²) in [4.78, 5) is 39.1. The Kier molecular flexibility index (Phi) is 7.12. The molecule has 0 saturated heterocycles. The van der Waals surface area contributed by atoms with Gasteiger partial charge in [-0.3, -0.25) is 14.4 Å². The summed E-state index contributed by atoms with van der Waals surface area (Å²) >= 11 is 0. The third-order valence-electron chi connectivity index (χ3n) is 3.40. The number of carbonyl (C=O) groups excluding carboxylic acids is 3. The summed E-state index contributed by atoms with van der Waals surface area (Å²) in [6, 6.07) is 1.74. The summed E-state index contributed by atoms with van der Waals surface area (Å²) in [5.41, 5.74) is 17.7. The third kappa shape index (κ3) is 6.21. The predicted octanol–water partition coefficient (Wildman–Crippen LogP) is -1.31. The van der Waals surface area contributed by atoms with E-state index in [1.54, 1.807) is 19.1 Å². The van der Waals surface area contributed by atoms with Crippen LogP contribution in [0.1, 0.15) is 31.0 Å². The quantitative estimate of drug-likeness (QED) is 0.395. The fraction of sp³-hybridized carbons (Fsp3) is 0.467. The molecule has 3 amide bonds. The number of hydrogen-bond acceptors (Lipinski definition) is 6. The first kappa shape index (κ1) is 19.4. The van der Waals surface area contributed by atoms with Crippen LogP contribution in [0, 0.1) is 6.92 Å². The molecule has 0 radical (unpaired) electrons. The Bertz CT molecular complexity index is 617. The largest absolute Gasteiger partial charge is 0.384 e. The van der Waals surface area contributed by atoms with Crippen molar-refractivity contribution in [1.29, 1.82) is 0 Å². The fourth-order valence-electron chi connectivity index (χ4n) is 1.96. The number of nitrogens with zero attached hydrogens (tertiary/aromatic N) is 1. The molecule has 9 heteroatoms. The molecule has 1 rings (SSSR count). The second kappa shape index (κ2) is 8.82. The summed E-state index contributed by atoms with van der Waals surface area (Å²) in [7, 11) is 0. The van der Waals surface area contributed by atoms with E-state index >= 15 is 0 Å². The van der Waals surface area contributed by atoms with Gasteiger partial charge in [0.1, 0.15) is 11.9 Å². The summed E-state index contributed by atoms with van der Waals surface area (Å²) in [5.74, 6) is -1.07. The number of anilines is 1. The number of nitrogen functional groups attached to an aromatic ring is 1. The SMILES string of the molecule is Cc1nc(N)ccc1CNC(=O)[C@H](CCC(N)=O)NC(=O)[C@@H](C)N. The molecule has 0 aliphatic rings. The molecule has 0 fully saturated rings. The Morgan fingerprint density at radius 3 is 2.46 bits per heavy atom. The molecule has 8 N–H and O–H groups in total. The number of pyridine rings is 1. The Labute approximate surface area is 140 Å². The van der Waals surface area contributed by atoms with E-state index in [2.05, 4.69) is 15.6 Å². The molecule has 24 heavy (non-hydrogen) atoms. The monoisotopic (exact) mass is 336 g/mol. The standard InChI is InChI=1S/C15H24N6O3/c1-8(16)14(23)21-11(4-6-13(18)22)15(24)19-7-10-3-5-12(17)20-9(10)2/h3,5,8,11H,4,6-7,16H2,1-2H3,(H2,17,20)(H2,18,22)(H,19,24)(H,21,23)/t8-,11+/m1/s1. The minimum atomic E-state index is -0.891. The predicted molar refractivity (Wildman–Crippen MR) is 89.2 cm³/mol. The number of amides is 3. The number of rotatable bonds is 8. The van der Waals surface area contributed by atoms with Crippen LogP contribution in [-0.4, -0.2) is 34.8 Å². The van der Waals surface area contributed by atoms with Gasteiger partial charge in [0, 0.05) is 18.7 Å². The first-order valence-electron chi connectivity index (χ1n) is 7.54. The number of hydrogen-bond donors (Lipinski definition) is 5. The van der Waals surface area contributed by atoms with Crippen LogP contribution in [0.15, 0.2) is 12.1 Å². The Morgan fingerprint density at radius 2 is 1.92 bits per heavy atom. The van der Waals surface area contributed by atoms with Gasteiger partial charge in [0.05, 0.1) is 6.04 Å². The van der Waals surface area contributed by atoms with Crippen LogP contribution in [0.3, 0.4) is 0 Å². The molecule has 132 valence electrons. The van der Waals surface area contributed by atoms with Crippen molar-refractivity contribution in [3.8, 4) is 0 Å². The number of carbonyl (C=O) groups is 3. The highest BCUT2D eigenvalue weighted by Gasteiger charge is 2.22. The van der Waals surface area contributed by atoms with Crippen molar-refractivity contribution in [3.63, 3.8) is 0 Å². The molecule has 1 heterocycles. The average molecular weight is 336 g/mol. The van der Waals surface area contributed by atoms with Gasteiger partial charge in [-0.25, -0.2) is 4.98 Å². The van der Waals surface area contributed by atoms with Gasteiger partial charge < -0.3 is 27.8 Å². The molecule has 0 spiro atoms. The van der Waals surface area contributed by atoms with Gasteiger partial charge in [-0.05, 0) is 31.9 Å². The van der Waals surface area contributed by atoms with Crippen LogP contribution >= 0.6 is 0 Å². The molecule has 0 bridgehead atoms. The van der Waals surface area contributed by atoms with Crippen molar-refractivity contribution < 1.29 is 14.4 Å². The van der Waals surface area contributed by atoms with E-state index in [0.29, 0.717) is 11.5 Å². The van der Waals surface area contributed by atoms with E-state index < -0.39 is 29.8 Å². The van der Waals surface area contributed by atoms with Crippen LogP contribution in [0.2, 0.25) is 0 Å². The molecule has 0 saturated carbocycles. The zero-order valence-electron chi connectivity index (χ0n) is 13.8. The summed E-state index contributed by atoms with van der Waals surface area (Å²) in [6.45, 7) is 3.50. The average Bonchev–Trinajstić information content (AvgIpc) is 2.49. The van der Waals surface area contributed by atoms with Crippen molar-refractivity contribution >= 4 is 23.5 Å². The van der Waals surface area contributed by atoms with E-state index in [4.69, 9.17) is 17.2 Å². The number of primary amides is 1. The highest BCUT2D eigenvalue weighted by molar-refractivity contribution is 5.89. The lowest BCUT2D eigenvalue weighted by molar-refractivity contribution is -0.130. The fourth-order valence-corrected chi connectivity index (χ4v) is 1.96. The van der Waals surface area contributed by atoms with Gasteiger partial charge in [-0.1, -0.05) is 6.07 Å². The van der Waals surface area contributed by atoms with Gasteiger partial charge in [0.25, 0.3) is 0 Å². The van der Waals surface area contributed by atoms with Crippen LogP contribution < -0.4 is 27.8 Å². The summed E-state index contributed by atoms with van der Waals surface area (Å²) < 4.78 is 0. The van der Waals surface area contributed by atoms with Crippen molar-refractivity contribution in [2.45, 2.75) is 45.3 Å². The lowest BCUT2D eigenvalue weighted by Gasteiger charge is -2.19. The second-order valence-electron chi connectivity index (χ2n) is 5.55. The number of nitrogens with two attached hydrogens (primary N) is 3. The first-order chi connectivity index (χ1) is 11.2. The van der Waals surface area contributed by atoms with E-state index in [0.717, 1.165) is 5.56 Å². The molecule has 2 atom stereocenters. The zero-order chi connectivity index (χ0) is 18.3. The Balaban J connectivity index is 2.71. The van der Waals surface area contributed by atoms with Crippen LogP contribution in [0.5, 0.6) is 0 Å². The van der Waals surface area contributed by atoms with Gasteiger partial charge in [0.15, 0.2) is 0 Å². The Hall–Kier alpha value is -2.68. The zero-order valence-corrected chi connectivity index (χ0v) is 13.8. The Morgan fingerprint density at radius 1 is 1.25 bits per heavy atom. The molecular weight excluding hydrogens is 312 g/mol. The van der Waals surface area contributed by atoms with E-state index in [1.165, 1.54) is 6.92 Å². The third-order valence-corrected chi connectivity index (χ3v) is 3.40. The minimum Gasteiger partial charge on any atom is -0.384 e. The highest BCUT2D eigenvalue weighted by atomic mass is 16.2. The first-order valence-corrected chi connectivity index (χ1v) is 7.54. The molecule has 1 aromatic heterocycles. The topological polar surface area (TPSA) is 166 Å². The smallest absolute Gasteiger partial charge is 0.242 e. The maximum Gasteiger partial charge on any atom is 0.242 e. The minimum absolute atomic E-state index is 0.0280. The van der Waals surface area contributed by atoms with Crippen molar-refractivity contribution in [2.24, 2.45) is 11.5 Å². The summed E-state index contributed by atoms with van der Waals surface area (Å²) in [5, 5.41) is 5.21. The molecule has 9 nitrogen and oxygen atoms in total. The normalized spacial score (nSPS) is 13.0. The molecule has 1 aromatic rings. The van der Waals surface area contributed by atoms with E-state index in [-0.39, 0.29) is 19.4 Å².